The molecule has 0 aromatic heterocycles. The molecule has 2 rings (SSSR count). The highest BCUT2D eigenvalue weighted by molar-refractivity contribution is 6.39. The van der Waals surface area contributed by atoms with E-state index < -0.39 is 11.8 Å². The molecule has 2 N–H and O–H groups in total. The first-order valence-electron chi connectivity index (χ1n) is 8.80. The van der Waals surface area contributed by atoms with Gasteiger partial charge in [0.15, 0.2) is 0 Å². The van der Waals surface area contributed by atoms with Gasteiger partial charge < -0.3 is 15.5 Å². The number of amides is 2. The Labute approximate surface area is 155 Å². The van der Waals surface area contributed by atoms with E-state index in [1.54, 1.807) is 6.07 Å². The van der Waals surface area contributed by atoms with Crippen LogP contribution in [0.1, 0.15) is 23.1 Å². The van der Waals surface area contributed by atoms with Crippen molar-refractivity contribution in [2.24, 2.45) is 0 Å². The number of carbonyl (C=O) groups excluding carboxylic acids is 2. The van der Waals surface area contributed by atoms with Gasteiger partial charge in [-0.3, -0.25) is 9.59 Å². The Balaban J connectivity index is 1.76. The minimum Gasteiger partial charge on any atom is -0.378 e. The lowest BCUT2D eigenvalue weighted by molar-refractivity contribution is -0.136. The van der Waals surface area contributed by atoms with E-state index in [1.165, 1.54) is 5.56 Å². The molecule has 0 aliphatic rings. The molecule has 0 atom stereocenters. The standard InChI is InChI=1S/C21H27N3O2/c1-15-7-5-9-19(16(15)2)23-21(26)20(25)22-14-6-8-17-10-12-18(13-11-17)24(3)4/h5,7,9-13H,6,8,14H2,1-4H3,(H,22,25)(H,23,26). The SMILES string of the molecule is Cc1cccc(NC(=O)C(=O)NCCCc2ccc(N(C)C)cc2)c1C. The van der Waals surface area contributed by atoms with Gasteiger partial charge in [-0.25, -0.2) is 0 Å². The van der Waals surface area contributed by atoms with Crippen LogP contribution in [-0.2, 0) is 16.0 Å². The van der Waals surface area contributed by atoms with Crippen LogP contribution in [0.4, 0.5) is 11.4 Å². The van der Waals surface area contributed by atoms with Gasteiger partial charge in [-0.05, 0) is 61.6 Å². The molecule has 0 fully saturated rings. The molecule has 2 aromatic rings. The second-order valence-corrected chi connectivity index (χ2v) is 6.62. The minimum absolute atomic E-state index is 0.467. The summed E-state index contributed by atoms with van der Waals surface area (Å²) in [7, 11) is 4.02. The largest absolute Gasteiger partial charge is 0.378 e. The Morgan fingerprint density at radius 2 is 1.65 bits per heavy atom. The summed E-state index contributed by atoms with van der Waals surface area (Å²) < 4.78 is 0. The number of benzene rings is 2. The summed E-state index contributed by atoms with van der Waals surface area (Å²) in [4.78, 5) is 26.0. The second kappa shape index (κ2) is 9.04. The van der Waals surface area contributed by atoms with Gasteiger partial charge in [-0.2, -0.15) is 0 Å². The van der Waals surface area contributed by atoms with Crippen LogP contribution >= 0.6 is 0 Å². The maximum absolute atomic E-state index is 12.0. The topological polar surface area (TPSA) is 61.4 Å². The van der Waals surface area contributed by atoms with Gasteiger partial charge in [0, 0.05) is 32.0 Å². The quantitative estimate of drug-likeness (QED) is 0.620. The van der Waals surface area contributed by atoms with Gasteiger partial charge in [0.05, 0.1) is 0 Å². The molecule has 138 valence electrons. The highest BCUT2D eigenvalue weighted by Crippen LogP contribution is 2.17. The number of aryl methyl sites for hydroxylation is 2. The van der Waals surface area contributed by atoms with Crippen molar-refractivity contribution >= 4 is 23.2 Å². The van der Waals surface area contributed by atoms with E-state index in [0.29, 0.717) is 12.2 Å². The van der Waals surface area contributed by atoms with E-state index in [2.05, 4.69) is 39.8 Å². The van der Waals surface area contributed by atoms with Gasteiger partial charge in [0.1, 0.15) is 0 Å². The van der Waals surface area contributed by atoms with Crippen LogP contribution in [0.15, 0.2) is 42.5 Å². The second-order valence-electron chi connectivity index (χ2n) is 6.62. The van der Waals surface area contributed by atoms with Crippen LogP contribution in [-0.4, -0.2) is 32.5 Å². The van der Waals surface area contributed by atoms with Gasteiger partial charge in [-0.1, -0.05) is 24.3 Å². The lowest BCUT2D eigenvalue weighted by Gasteiger charge is -2.12. The highest BCUT2D eigenvalue weighted by Gasteiger charge is 2.14. The fraction of sp³-hybridized carbons (Fsp3) is 0.333. The number of nitrogens with zero attached hydrogens (tertiary/aromatic N) is 1. The summed E-state index contributed by atoms with van der Waals surface area (Å²) in [5.74, 6) is -1.23. The Hall–Kier alpha value is -2.82. The zero-order chi connectivity index (χ0) is 19.1. The Morgan fingerprint density at radius 1 is 0.962 bits per heavy atom. The molecule has 0 saturated carbocycles. The van der Waals surface area contributed by atoms with Crippen LogP contribution < -0.4 is 15.5 Å². The van der Waals surface area contributed by atoms with Crippen LogP contribution in [0.5, 0.6) is 0 Å². The predicted octanol–water partition coefficient (Wildman–Crippen LogP) is 3.06. The van der Waals surface area contributed by atoms with Crippen molar-refractivity contribution in [3.05, 3.63) is 59.2 Å². The number of nitrogens with one attached hydrogen (secondary N) is 2. The lowest BCUT2D eigenvalue weighted by atomic mass is 10.1. The normalized spacial score (nSPS) is 10.3. The van der Waals surface area contributed by atoms with Crippen LogP contribution in [0.3, 0.4) is 0 Å². The zero-order valence-electron chi connectivity index (χ0n) is 15.9. The number of anilines is 2. The monoisotopic (exact) mass is 353 g/mol. The molecule has 0 spiro atoms. The molecule has 0 unspecified atom stereocenters. The fourth-order valence-corrected chi connectivity index (χ4v) is 2.60. The highest BCUT2D eigenvalue weighted by atomic mass is 16.2. The van der Waals surface area contributed by atoms with E-state index in [1.807, 2.05) is 40.1 Å². The molecule has 5 nitrogen and oxygen atoms in total. The van der Waals surface area contributed by atoms with Crippen molar-refractivity contribution in [2.45, 2.75) is 26.7 Å². The summed E-state index contributed by atoms with van der Waals surface area (Å²) in [5.41, 5.74) is 5.08. The fourth-order valence-electron chi connectivity index (χ4n) is 2.60. The molecule has 0 aliphatic heterocycles. The zero-order valence-corrected chi connectivity index (χ0v) is 15.9. The smallest absolute Gasteiger partial charge is 0.313 e. The van der Waals surface area contributed by atoms with Crippen LogP contribution in [0.25, 0.3) is 0 Å². The predicted molar refractivity (Wildman–Crippen MR) is 107 cm³/mol. The molecule has 5 heteroatoms. The number of rotatable bonds is 6. The maximum Gasteiger partial charge on any atom is 0.313 e. The summed E-state index contributed by atoms with van der Waals surface area (Å²) >= 11 is 0. The average Bonchev–Trinajstić information content (AvgIpc) is 2.62. The van der Waals surface area contributed by atoms with Gasteiger partial charge in [-0.15, -0.1) is 0 Å². The van der Waals surface area contributed by atoms with E-state index in [4.69, 9.17) is 0 Å². The molecular weight excluding hydrogens is 326 g/mol. The average molecular weight is 353 g/mol. The van der Waals surface area contributed by atoms with Crippen molar-refractivity contribution in [1.82, 2.24) is 5.32 Å². The van der Waals surface area contributed by atoms with Crippen molar-refractivity contribution in [1.29, 1.82) is 0 Å². The molecule has 2 aromatic carbocycles. The van der Waals surface area contributed by atoms with E-state index in [9.17, 15) is 9.59 Å². The summed E-state index contributed by atoms with van der Waals surface area (Å²) in [6.07, 6.45) is 1.64. The number of carbonyl (C=O) groups is 2. The summed E-state index contributed by atoms with van der Waals surface area (Å²) in [5, 5.41) is 5.35. The van der Waals surface area contributed by atoms with Crippen molar-refractivity contribution in [2.75, 3.05) is 30.9 Å². The van der Waals surface area contributed by atoms with Crippen molar-refractivity contribution < 1.29 is 9.59 Å². The molecule has 0 saturated heterocycles. The van der Waals surface area contributed by atoms with Crippen LogP contribution in [0.2, 0.25) is 0 Å². The molecule has 2 amide bonds. The molecular formula is C21H27N3O2. The third kappa shape index (κ3) is 5.34. The molecule has 0 bridgehead atoms. The van der Waals surface area contributed by atoms with Crippen molar-refractivity contribution in [3.63, 3.8) is 0 Å². The Kier molecular flexibility index (Phi) is 6.78. The molecule has 0 heterocycles. The lowest BCUT2D eigenvalue weighted by Crippen LogP contribution is -2.36. The third-order valence-electron chi connectivity index (χ3n) is 4.44. The Bertz CT molecular complexity index is 767. The van der Waals surface area contributed by atoms with Gasteiger partial charge in [0.2, 0.25) is 0 Å². The first-order valence-corrected chi connectivity index (χ1v) is 8.80. The number of hydrogen-bond donors (Lipinski definition) is 2. The van der Waals surface area contributed by atoms with Crippen LogP contribution in [0, 0.1) is 13.8 Å². The Morgan fingerprint density at radius 3 is 2.31 bits per heavy atom. The van der Waals surface area contributed by atoms with E-state index in [-0.39, 0.29) is 0 Å². The number of hydrogen-bond acceptors (Lipinski definition) is 3. The summed E-state index contributed by atoms with van der Waals surface area (Å²) in [6, 6.07) is 13.9. The van der Waals surface area contributed by atoms with E-state index in [0.717, 1.165) is 29.7 Å². The first kappa shape index (κ1) is 19.5. The van der Waals surface area contributed by atoms with E-state index >= 15 is 0 Å². The summed E-state index contributed by atoms with van der Waals surface area (Å²) in [6.45, 7) is 4.36. The van der Waals surface area contributed by atoms with Gasteiger partial charge >= 0.3 is 11.8 Å². The van der Waals surface area contributed by atoms with Crippen molar-refractivity contribution in [3.8, 4) is 0 Å². The molecule has 26 heavy (non-hydrogen) atoms. The minimum atomic E-state index is -0.631. The molecule has 0 aliphatic carbocycles. The molecule has 0 radical (unpaired) electrons. The van der Waals surface area contributed by atoms with Gasteiger partial charge in [0.25, 0.3) is 0 Å². The third-order valence-corrected chi connectivity index (χ3v) is 4.44. The first-order chi connectivity index (χ1) is 12.4. The maximum atomic E-state index is 12.0.